The van der Waals surface area contributed by atoms with Crippen LogP contribution in [0.2, 0.25) is 5.02 Å². The molecule has 0 atom stereocenters. The number of hydrogen-bond acceptors (Lipinski definition) is 3. The number of phenolic OH excluding ortho intramolecular Hbond substituents is 1. The lowest BCUT2D eigenvalue weighted by atomic mass is 10.2. The Kier molecular flexibility index (Phi) is 3.80. The number of hydrogen-bond donors (Lipinski definition) is 2. The third-order valence-electron chi connectivity index (χ3n) is 1.83. The first kappa shape index (κ1) is 11.7. The molecule has 1 aromatic rings. The second-order valence-electron chi connectivity index (χ2n) is 2.94. The second kappa shape index (κ2) is 4.89. The zero-order valence-corrected chi connectivity index (χ0v) is 9.26. The Hall–Kier alpha value is -1.42. The molecule has 0 unspecified atom stereocenters. The van der Waals surface area contributed by atoms with Crippen molar-refractivity contribution < 1.29 is 14.6 Å². The number of carbonyl (C=O) groups excluding carboxylic acids is 1. The number of ether oxygens (including phenoxy) is 1. The fraction of sp³-hybridized carbons (Fsp3) is 0.300. The molecule has 82 valence electrons. The van der Waals surface area contributed by atoms with Crippen molar-refractivity contribution in [3.63, 3.8) is 0 Å². The van der Waals surface area contributed by atoms with Crippen molar-refractivity contribution in [3.8, 4) is 5.75 Å². The van der Waals surface area contributed by atoms with Crippen molar-refractivity contribution in [2.24, 2.45) is 0 Å². The van der Waals surface area contributed by atoms with Gasteiger partial charge in [-0.25, -0.2) is 4.79 Å². The van der Waals surface area contributed by atoms with E-state index in [4.69, 9.17) is 11.6 Å². The van der Waals surface area contributed by atoms with Crippen LogP contribution in [-0.2, 0) is 4.74 Å². The number of carbonyl (C=O) groups is 1. The maximum atomic E-state index is 11.1. The molecule has 0 aliphatic carbocycles. The fourth-order valence-corrected chi connectivity index (χ4v) is 1.29. The third-order valence-corrected chi connectivity index (χ3v) is 2.21. The molecular formula is C10H12ClNO3. The molecular weight excluding hydrogens is 218 g/mol. The topological polar surface area (TPSA) is 58.6 Å². The smallest absolute Gasteiger partial charge is 0.411 e. The van der Waals surface area contributed by atoms with Crippen LogP contribution in [0.25, 0.3) is 0 Å². The average Bonchev–Trinajstić information content (AvgIpc) is 2.20. The van der Waals surface area contributed by atoms with Crippen LogP contribution in [0.15, 0.2) is 12.1 Å². The Bertz CT molecular complexity index is 379. The van der Waals surface area contributed by atoms with Crippen LogP contribution in [0.5, 0.6) is 5.75 Å². The third kappa shape index (κ3) is 2.76. The SMILES string of the molecule is CCOC(=O)Nc1ccc(C)c(O)c1Cl. The first-order valence-electron chi connectivity index (χ1n) is 4.48. The van der Waals surface area contributed by atoms with Gasteiger partial charge >= 0.3 is 6.09 Å². The van der Waals surface area contributed by atoms with Crippen LogP contribution in [0, 0.1) is 6.92 Å². The Balaban J connectivity index is 2.87. The Morgan fingerprint density at radius 3 is 2.87 bits per heavy atom. The summed E-state index contributed by atoms with van der Waals surface area (Å²) < 4.78 is 4.68. The van der Waals surface area contributed by atoms with E-state index in [1.54, 1.807) is 26.0 Å². The molecule has 1 rings (SSSR count). The first-order valence-corrected chi connectivity index (χ1v) is 4.86. The van der Waals surface area contributed by atoms with E-state index in [-0.39, 0.29) is 17.4 Å². The number of aromatic hydroxyl groups is 1. The largest absolute Gasteiger partial charge is 0.506 e. The van der Waals surface area contributed by atoms with E-state index in [2.05, 4.69) is 10.1 Å². The van der Waals surface area contributed by atoms with Crippen molar-refractivity contribution in [1.82, 2.24) is 0 Å². The highest BCUT2D eigenvalue weighted by molar-refractivity contribution is 6.35. The minimum Gasteiger partial charge on any atom is -0.506 e. The normalized spacial score (nSPS) is 9.80. The van der Waals surface area contributed by atoms with Gasteiger partial charge in [-0.15, -0.1) is 0 Å². The predicted octanol–water partition coefficient (Wildman–Crippen LogP) is 2.92. The molecule has 0 aliphatic rings. The molecule has 0 fully saturated rings. The summed E-state index contributed by atoms with van der Waals surface area (Å²) in [6, 6.07) is 3.26. The molecule has 2 N–H and O–H groups in total. The van der Waals surface area contributed by atoms with E-state index in [1.807, 2.05) is 0 Å². The minimum atomic E-state index is -0.595. The summed E-state index contributed by atoms with van der Waals surface area (Å²) in [7, 11) is 0. The van der Waals surface area contributed by atoms with E-state index >= 15 is 0 Å². The van der Waals surface area contributed by atoms with Crippen LogP contribution in [0.1, 0.15) is 12.5 Å². The van der Waals surface area contributed by atoms with Gasteiger partial charge in [0.15, 0.2) is 0 Å². The summed E-state index contributed by atoms with van der Waals surface area (Å²) in [6.45, 7) is 3.70. The van der Waals surface area contributed by atoms with Gasteiger partial charge in [-0.3, -0.25) is 5.32 Å². The number of benzene rings is 1. The molecule has 0 saturated heterocycles. The zero-order chi connectivity index (χ0) is 11.4. The van der Waals surface area contributed by atoms with Gasteiger partial charge in [0.1, 0.15) is 10.8 Å². The number of amides is 1. The summed E-state index contributed by atoms with van der Waals surface area (Å²) in [5.41, 5.74) is 0.979. The summed E-state index contributed by atoms with van der Waals surface area (Å²) in [5.74, 6) is -0.0361. The maximum Gasteiger partial charge on any atom is 0.411 e. The van der Waals surface area contributed by atoms with Gasteiger partial charge in [-0.1, -0.05) is 17.7 Å². The van der Waals surface area contributed by atoms with Gasteiger partial charge in [-0.05, 0) is 25.5 Å². The quantitative estimate of drug-likeness (QED) is 0.820. The van der Waals surface area contributed by atoms with E-state index in [1.165, 1.54) is 0 Å². The van der Waals surface area contributed by atoms with E-state index < -0.39 is 6.09 Å². The second-order valence-corrected chi connectivity index (χ2v) is 3.32. The van der Waals surface area contributed by atoms with Gasteiger partial charge in [0.25, 0.3) is 0 Å². The highest BCUT2D eigenvalue weighted by Gasteiger charge is 2.10. The molecule has 0 bridgehead atoms. The number of halogens is 1. The van der Waals surface area contributed by atoms with Crippen molar-refractivity contribution in [1.29, 1.82) is 0 Å². The highest BCUT2D eigenvalue weighted by atomic mass is 35.5. The number of anilines is 1. The van der Waals surface area contributed by atoms with Gasteiger partial charge in [0.2, 0.25) is 0 Å². The lowest BCUT2D eigenvalue weighted by Gasteiger charge is -2.09. The molecule has 1 amide bonds. The van der Waals surface area contributed by atoms with Gasteiger partial charge < -0.3 is 9.84 Å². The first-order chi connectivity index (χ1) is 7.06. The van der Waals surface area contributed by atoms with Crippen molar-refractivity contribution in [3.05, 3.63) is 22.7 Å². The van der Waals surface area contributed by atoms with E-state index in [0.29, 0.717) is 11.3 Å². The number of phenols is 1. The van der Waals surface area contributed by atoms with Gasteiger partial charge in [-0.2, -0.15) is 0 Å². The van der Waals surface area contributed by atoms with Crippen molar-refractivity contribution in [2.75, 3.05) is 11.9 Å². The summed E-state index contributed by atoms with van der Waals surface area (Å²) >= 11 is 5.82. The van der Waals surface area contributed by atoms with Crippen LogP contribution in [0.3, 0.4) is 0 Å². The number of nitrogens with one attached hydrogen (secondary N) is 1. The lowest BCUT2D eigenvalue weighted by molar-refractivity contribution is 0.168. The Labute approximate surface area is 92.8 Å². The van der Waals surface area contributed by atoms with Crippen LogP contribution in [0.4, 0.5) is 10.5 Å². The zero-order valence-electron chi connectivity index (χ0n) is 8.50. The van der Waals surface area contributed by atoms with E-state index in [9.17, 15) is 9.90 Å². The molecule has 1 aromatic carbocycles. The maximum absolute atomic E-state index is 11.1. The molecule has 0 aliphatic heterocycles. The molecule has 0 spiro atoms. The molecule has 15 heavy (non-hydrogen) atoms. The van der Waals surface area contributed by atoms with E-state index in [0.717, 1.165) is 0 Å². The van der Waals surface area contributed by atoms with Crippen LogP contribution >= 0.6 is 11.6 Å². The van der Waals surface area contributed by atoms with Crippen molar-refractivity contribution >= 4 is 23.4 Å². The minimum absolute atomic E-state index is 0.0361. The summed E-state index contributed by atoms with van der Waals surface area (Å²) in [5, 5.41) is 12.0. The molecule has 4 nitrogen and oxygen atoms in total. The molecule has 5 heteroatoms. The lowest BCUT2D eigenvalue weighted by Crippen LogP contribution is -2.13. The molecule has 0 aromatic heterocycles. The number of aryl methyl sites for hydroxylation is 1. The standard InChI is InChI=1S/C10H12ClNO3/c1-3-15-10(14)12-7-5-4-6(2)9(13)8(7)11/h4-5,13H,3H2,1-2H3,(H,12,14). The molecule has 0 radical (unpaired) electrons. The van der Waals surface area contributed by atoms with Crippen molar-refractivity contribution in [2.45, 2.75) is 13.8 Å². The number of rotatable bonds is 2. The Morgan fingerprint density at radius 2 is 2.27 bits per heavy atom. The summed E-state index contributed by atoms with van der Waals surface area (Å²) in [4.78, 5) is 11.1. The molecule has 0 saturated carbocycles. The van der Waals surface area contributed by atoms with Gasteiger partial charge in [0.05, 0.1) is 12.3 Å². The summed E-state index contributed by atoms with van der Waals surface area (Å²) in [6.07, 6.45) is -0.595. The van der Waals surface area contributed by atoms with Crippen LogP contribution in [-0.4, -0.2) is 17.8 Å². The fourth-order valence-electron chi connectivity index (χ4n) is 1.03. The molecule has 0 heterocycles. The highest BCUT2D eigenvalue weighted by Crippen LogP contribution is 2.33. The van der Waals surface area contributed by atoms with Gasteiger partial charge in [0, 0.05) is 0 Å². The Morgan fingerprint density at radius 1 is 1.60 bits per heavy atom. The predicted molar refractivity (Wildman–Crippen MR) is 58.5 cm³/mol. The average molecular weight is 230 g/mol. The monoisotopic (exact) mass is 229 g/mol. The van der Waals surface area contributed by atoms with Crippen LogP contribution < -0.4 is 5.32 Å².